The molecule has 5 heteroatoms. The summed E-state index contributed by atoms with van der Waals surface area (Å²) in [6, 6.07) is 15.4. The average Bonchev–Trinajstić information content (AvgIpc) is 2.91. The lowest BCUT2D eigenvalue weighted by Crippen LogP contribution is -2.23. The van der Waals surface area contributed by atoms with Crippen LogP contribution >= 0.6 is 0 Å². The van der Waals surface area contributed by atoms with Crippen LogP contribution < -0.4 is 10.2 Å². The third-order valence-corrected chi connectivity index (χ3v) is 5.40. The van der Waals surface area contributed by atoms with Crippen molar-refractivity contribution in [3.05, 3.63) is 59.7 Å². The molecular weight excluding hydrogens is 344 g/mol. The molecule has 1 amide bonds. The Morgan fingerprint density at radius 3 is 2.38 bits per heavy atom. The highest BCUT2D eigenvalue weighted by molar-refractivity contribution is 7.83. The third kappa shape index (κ3) is 5.18. The summed E-state index contributed by atoms with van der Waals surface area (Å²) in [6.07, 6.45) is 6.79. The Morgan fingerprint density at radius 2 is 1.73 bits per heavy atom. The van der Waals surface area contributed by atoms with Gasteiger partial charge in [-0.3, -0.25) is 9.00 Å². The molecule has 1 aliphatic rings. The quantitative estimate of drug-likeness (QED) is 0.858. The van der Waals surface area contributed by atoms with Crippen LogP contribution in [0.1, 0.15) is 41.6 Å². The zero-order valence-corrected chi connectivity index (χ0v) is 16.1. The summed E-state index contributed by atoms with van der Waals surface area (Å²) in [5.74, 6) is 0.322. The minimum absolute atomic E-state index is 0.142. The molecule has 2 aromatic carbocycles. The van der Waals surface area contributed by atoms with E-state index in [2.05, 4.69) is 22.3 Å². The molecule has 1 atom stereocenters. The van der Waals surface area contributed by atoms with Gasteiger partial charge in [0.2, 0.25) is 0 Å². The molecule has 1 fully saturated rings. The molecule has 0 radical (unpaired) electrons. The van der Waals surface area contributed by atoms with Gasteiger partial charge in [0.25, 0.3) is 5.91 Å². The normalized spacial score (nSPS) is 16.0. The van der Waals surface area contributed by atoms with E-state index in [0.29, 0.717) is 11.3 Å². The predicted octanol–water partition coefficient (Wildman–Crippen LogP) is 4.20. The molecule has 1 unspecified atom stereocenters. The molecule has 1 N–H and O–H groups in total. The van der Waals surface area contributed by atoms with Crippen molar-refractivity contribution >= 4 is 28.1 Å². The first-order valence-electron chi connectivity index (χ1n) is 9.17. The highest BCUT2D eigenvalue weighted by Gasteiger charge is 2.11. The van der Waals surface area contributed by atoms with Crippen molar-refractivity contribution in [3.63, 3.8) is 0 Å². The molecule has 3 rings (SSSR count). The molecule has 26 heavy (non-hydrogen) atoms. The van der Waals surface area contributed by atoms with Crippen molar-refractivity contribution in [1.82, 2.24) is 0 Å². The monoisotopic (exact) mass is 370 g/mol. The van der Waals surface area contributed by atoms with E-state index in [9.17, 15) is 9.00 Å². The summed E-state index contributed by atoms with van der Waals surface area (Å²) in [7, 11) is -0.919. The Morgan fingerprint density at radius 1 is 1.04 bits per heavy atom. The SMILES string of the molecule is CS(=O)Cc1cccc(C(=O)Nc2ccc(N3CCCCCC3)cc2)c1. The molecule has 0 aromatic heterocycles. The van der Waals surface area contributed by atoms with E-state index in [1.54, 1.807) is 12.3 Å². The van der Waals surface area contributed by atoms with Gasteiger partial charge >= 0.3 is 0 Å². The van der Waals surface area contributed by atoms with Gasteiger partial charge in [-0.05, 0) is 54.8 Å². The van der Waals surface area contributed by atoms with Crippen LogP contribution in [0.5, 0.6) is 0 Å². The Hall–Kier alpha value is -2.14. The Bertz CT molecular complexity index is 766. The van der Waals surface area contributed by atoms with Gasteiger partial charge < -0.3 is 10.2 Å². The van der Waals surface area contributed by atoms with Crippen LogP contribution in [0.4, 0.5) is 11.4 Å². The lowest BCUT2D eigenvalue weighted by molar-refractivity contribution is 0.102. The maximum atomic E-state index is 12.5. The second-order valence-corrected chi connectivity index (χ2v) is 8.26. The van der Waals surface area contributed by atoms with Gasteiger partial charge in [-0.15, -0.1) is 0 Å². The molecule has 4 nitrogen and oxygen atoms in total. The standard InChI is InChI=1S/C21H26N2O2S/c1-26(25)16-17-7-6-8-18(15-17)21(24)22-19-9-11-20(12-10-19)23-13-4-2-3-5-14-23/h6-12,15H,2-5,13-14,16H2,1H3,(H,22,24). The minimum Gasteiger partial charge on any atom is -0.372 e. The second-order valence-electron chi connectivity index (χ2n) is 6.82. The highest BCUT2D eigenvalue weighted by atomic mass is 32.2. The predicted molar refractivity (Wildman–Crippen MR) is 109 cm³/mol. The fourth-order valence-corrected chi connectivity index (χ4v) is 3.97. The number of amides is 1. The van der Waals surface area contributed by atoms with Gasteiger partial charge in [-0.25, -0.2) is 0 Å². The maximum Gasteiger partial charge on any atom is 0.255 e. The fraction of sp³-hybridized carbons (Fsp3) is 0.381. The Balaban J connectivity index is 1.65. The number of anilines is 2. The molecule has 1 saturated heterocycles. The minimum atomic E-state index is -0.919. The van der Waals surface area contributed by atoms with Crippen molar-refractivity contribution < 1.29 is 9.00 Å². The Kier molecular flexibility index (Phi) is 6.45. The third-order valence-electron chi connectivity index (χ3n) is 4.66. The lowest BCUT2D eigenvalue weighted by Gasteiger charge is -2.22. The van der Waals surface area contributed by atoms with Gasteiger partial charge in [0, 0.05) is 52.8 Å². The van der Waals surface area contributed by atoms with Gasteiger partial charge in [-0.2, -0.15) is 0 Å². The molecule has 0 spiro atoms. The number of carbonyl (C=O) groups excluding carboxylic acids is 1. The van der Waals surface area contributed by atoms with Crippen LogP contribution in [0.15, 0.2) is 48.5 Å². The molecule has 0 bridgehead atoms. The number of hydrogen-bond donors (Lipinski definition) is 1. The van der Waals surface area contributed by atoms with Gasteiger partial charge in [0.15, 0.2) is 0 Å². The van der Waals surface area contributed by atoms with E-state index in [4.69, 9.17) is 0 Å². The first-order valence-corrected chi connectivity index (χ1v) is 10.9. The van der Waals surface area contributed by atoms with E-state index in [1.807, 2.05) is 30.3 Å². The first-order chi connectivity index (χ1) is 12.6. The summed E-state index contributed by atoms with van der Waals surface area (Å²) in [4.78, 5) is 14.9. The van der Waals surface area contributed by atoms with E-state index < -0.39 is 10.8 Å². The molecule has 1 heterocycles. The second kappa shape index (κ2) is 8.99. The average molecular weight is 371 g/mol. The van der Waals surface area contributed by atoms with E-state index in [-0.39, 0.29) is 5.91 Å². The summed E-state index contributed by atoms with van der Waals surface area (Å²) < 4.78 is 11.4. The van der Waals surface area contributed by atoms with Gasteiger partial charge in [0.05, 0.1) is 0 Å². The number of carbonyl (C=O) groups is 1. The van der Waals surface area contributed by atoms with Crippen LogP contribution in [0.3, 0.4) is 0 Å². The van der Waals surface area contributed by atoms with Crippen LogP contribution in [0, 0.1) is 0 Å². The van der Waals surface area contributed by atoms with Crippen LogP contribution in [-0.2, 0) is 16.6 Å². The first kappa shape index (κ1) is 18.6. The van der Waals surface area contributed by atoms with Crippen molar-refractivity contribution in [2.75, 3.05) is 29.6 Å². The summed E-state index contributed by atoms with van der Waals surface area (Å²) >= 11 is 0. The highest BCUT2D eigenvalue weighted by Crippen LogP contribution is 2.22. The van der Waals surface area contributed by atoms with Gasteiger partial charge in [-0.1, -0.05) is 25.0 Å². The molecule has 0 saturated carbocycles. The smallest absolute Gasteiger partial charge is 0.255 e. The number of rotatable bonds is 5. The van der Waals surface area contributed by atoms with Crippen molar-refractivity contribution in [3.8, 4) is 0 Å². The van der Waals surface area contributed by atoms with E-state index >= 15 is 0 Å². The largest absolute Gasteiger partial charge is 0.372 e. The number of benzene rings is 2. The number of nitrogens with one attached hydrogen (secondary N) is 1. The Labute approximate surface area is 158 Å². The van der Waals surface area contributed by atoms with Crippen molar-refractivity contribution in [2.45, 2.75) is 31.4 Å². The van der Waals surface area contributed by atoms with Crippen molar-refractivity contribution in [2.24, 2.45) is 0 Å². The lowest BCUT2D eigenvalue weighted by atomic mass is 10.1. The number of nitrogens with zero attached hydrogens (tertiary/aromatic N) is 1. The molecular formula is C21H26N2O2S. The number of hydrogen-bond acceptors (Lipinski definition) is 3. The molecule has 0 aliphatic carbocycles. The molecule has 1 aliphatic heterocycles. The summed E-state index contributed by atoms with van der Waals surface area (Å²) in [6.45, 7) is 2.22. The summed E-state index contributed by atoms with van der Waals surface area (Å²) in [5.41, 5.74) is 3.51. The van der Waals surface area contributed by atoms with Crippen LogP contribution in [0.25, 0.3) is 0 Å². The van der Waals surface area contributed by atoms with E-state index in [1.165, 1.54) is 31.4 Å². The topological polar surface area (TPSA) is 49.4 Å². The van der Waals surface area contributed by atoms with Gasteiger partial charge in [0.1, 0.15) is 0 Å². The summed E-state index contributed by atoms with van der Waals surface area (Å²) in [5, 5.41) is 2.95. The zero-order valence-electron chi connectivity index (χ0n) is 15.2. The fourth-order valence-electron chi connectivity index (χ4n) is 3.32. The zero-order chi connectivity index (χ0) is 18.4. The molecule has 2 aromatic rings. The van der Waals surface area contributed by atoms with Crippen molar-refractivity contribution in [1.29, 1.82) is 0 Å². The van der Waals surface area contributed by atoms with Crippen LogP contribution in [0.2, 0.25) is 0 Å². The van der Waals surface area contributed by atoms with E-state index in [0.717, 1.165) is 24.3 Å². The van der Waals surface area contributed by atoms with Crippen LogP contribution in [-0.4, -0.2) is 29.5 Å². The molecule has 138 valence electrons. The maximum absolute atomic E-state index is 12.5.